The monoisotopic (exact) mass is 681 g/mol. The molecule has 0 bridgehead atoms. The Balaban J connectivity index is 0.000000159. The third-order valence-electron chi connectivity index (χ3n) is 10.6. The first-order chi connectivity index (χ1) is 24.7. The molecule has 1 nitrogen and oxygen atoms in total. The molecule has 0 N–H and O–H groups in total. The molecule has 0 spiro atoms. The summed E-state index contributed by atoms with van der Waals surface area (Å²) in [6, 6.07) is 36.9. The van der Waals surface area contributed by atoms with Crippen molar-refractivity contribution in [1.82, 2.24) is 0 Å². The predicted octanol–water partition coefficient (Wildman–Crippen LogP) is 14.3. The van der Waals surface area contributed by atoms with Crippen molar-refractivity contribution in [3.05, 3.63) is 179 Å². The van der Waals surface area contributed by atoms with E-state index in [0.717, 1.165) is 46.5 Å². The summed E-state index contributed by atoms with van der Waals surface area (Å²) in [4.78, 5) is 5.02. The fourth-order valence-electron chi connectivity index (χ4n) is 7.69. The summed E-state index contributed by atoms with van der Waals surface area (Å²) >= 11 is 1.93. The Morgan fingerprint density at radius 3 is 2.16 bits per heavy atom. The number of allylic oxidation sites excluding steroid dienone is 9. The van der Waals surface area contributed by atoms with Crippen molar-refractivity contribution in [3.8, 4) is 0 Å². The Labute approximate surface area is 307 Å². The molecule has 5 aromatic carbocycles. The van der Waals surface area contributed by atoms with Gasteiger partial charge in [-0.2, -0.15) is 0 Å². The lowest BCUT2D eigenvalue weighted by Crippen LogP contribution is -2.08. The maximum absolute atomic E-state index is 5.02. The van der Waals surface area contributed by atoms with E-state index in [1.54, 1.807) is 0 Å². The van der Waals surface area contributed by atoms with E-state index >= 15 is 0 Å². The summed E-state index contributed by atoms with van der Waals surface area (Å²) in [6.07, 6.45) is 11.2. The van der Waals surface area contributed by atoms with Crippen molar-refractivity contribution in [1.29, 1.82) is 0 Å². The molecule has 0 fully saturated rings. The summed E-state index contributed by atoms with van der Waals surface area (Å²) in [5, 5.41) is 5.55. The molecule has 6 aromatic rings. The van der Waals surface area contributed by atoms with Gasteiger partial charge >= 0.3 is 0 Å². The van der Waals surface area contributed by atoms with E-state index in [4.69, 9.17) is 4.99 Å². The van der Waals surface area contributed by atoms with Gasteiger partial charge in [0.15, 0.2) is 0 Å². The molecule has 0 saturated carbocycles. The van der Waals surface area contributed by atoms with Crippen LogP contribution in [0, 0.1) is 25.7 Å². The lowest BCUT2D eigenvalue weighted by atomic mass is 9.81. The Morgan fingerprint density at radius 1 is 0.706 bits per heavy atom. The van der Waals surface area contributed by atoms with Gasteiger partial charge in [0.05, 0.1) is 5.70 Å². The molecule has 8 rings (SSSR count). The Bertz CT molecular complexity index is 2430. The fourth-order valence-corrected chi connectivity index (χ4v) is 9.01. The number of aryl methyl sites for hydroxylation is 2. The highest BCUT2D eigenvalue weighted by molar-refractivity contribution is 7.26. The van der Waals surface area contributed by atoms with Crippen molar-refractivity contribution in [2.75, 3.05) is 0 Å². The first-order valence-corrected chi connectivity index (χ1v) is 19.0. The van der Waals surface area contributed by atoms with Gasteiger partial charge in [0.2, 0.25) is 0 Å². The van der Waals surface area contributed by atoms with E-state index in [1.807, 2.05) is 17.4 Å². The van der Waals surface area contributed by atoms with Crippen LogP contribution in [0.15, 0.2) is 156 Å². The Kier molecular flexibility index (Phi) is 9.89. The van der Waals surface area contributed by atoms with E-state index in [-0.39, 0.29) is 0 Å². The zero-order valence-corrected chi connectivity index (χ0v) is 31.6. The maximum atomic E-state index is 5.02. The lowest BCUT2D eigenvalue weighted by Gasteiger charge is -2.23. The second-order valence-corrected chi connectivity index (χ2v) is 15.3. The van der Waals surface area contributed by atoms with Gasteiger partial charge < -0.3 is 0 Å². The molecule has 2 aliphatic carbocycles. The standard InChI is InChI=1S/C25H22S.C24H25N/c1-15-7-6-8-16(2)23(15)19-13-11-18-12-14-21-20-9-4-5-10-22(20)26-25(21)24(18)17(19)3;1-17-13-15-21(16-14-17)19(3)23-12-8-9-18(2)24(23)25-20(4)22-10-6-5-7-11-22/h4-7,9-14,16H,8H2,1-3H3;5-8,10-16,18H,3,9H2,1-2,4H3. The van der Waals surface area contributed by atoms with Crippen LogP contribution in [0.5, 0.6) is 0 Å². The zero-order chi connectivity index (χ0) is 35.6. The van der Waals surface area contributed by atoms with Crippen LogP contribution in [-0.4, -0.2) is 5.71 Å². The Morgan fingerprint density at radius 2 is 1.39 bits per heavy atom. The normalized spacial score (nSPS) is 17.7. The van der Waals surface area contributed by atoms with Crippen LogP contribution >= 0.6 is 11.3 Å². The van der Waals surface area contributed by atoms with Crippen molar-refractivity contribution >= 4 is 59.1 Å². The number of benzene rings is 5. The fraction of sp³-hybridized carbons (Fsp3) is 0.204. The van der Waals surface area contributed by atoms with Gasteiger partial charge in [-0.25, -0.2) is 0 Å². The van der Waals surface area contributed by atoms with E-state index < -0.39 is 0 Å². The minimum atomic E-state index is 0.390. The summed E-state index contributed by atoms with van der Waals surface area (Å²) < 4.78 is 2.81. The van der Waals surface area contributed by atoms with Gasteiger partial charge in [-0.3, -0.25) is 4.99 Å². The summed E-state index contributed by atoms with van der Waals surface area (Å²) in [5.41, 5.74) is 13.7. The SMILES string of the molecule is C=C(C1=C(N=C(C)c2ccccc2)C(C)CC=C1)c1ccc(C)cc1.CC1=C(c2ccc3ccc4c5ccccc5sc4c3c2C)C(C)CC=C1. The van der Waals surface area contributed by atoms with Crippen molar-refractivity contribution in [2.24, 2.45) is 16.8 Å². The second-order valence-electron chi connectivity index (χ2n) is 14.3. The highest BCUT2D eigenvalue weighted by Gasteiger charge is 2.21. The number of rotatable bonds is 5. The predicted molar refractivity (Wildman–Crippen MR) is 226 cm³/mol. The first kappa shape index (κ1) is 34.4. The van der Waals surface area contributed by atoms with Gasteiger partial charge in [-0.1, -0.05) is 147 Å². The van der Waals surface area contributed by atoms with Crippen LogP contribution in [0.3, 0.4) is 0 Å². The average molecular weight is 682 g/mol. The number of fused-ring (bicyclic) bond motifs is 5. The molecular weight excluding hydrogens is 635 g/mol. The van der Waals surface area contributed by atoms with E-state index in [1.165, 1.54) is 58.8 Å². The van der Waals surface area contributed by atoms with E-state index in [2.05, 4.69) is 169 Å². The van der Waals surface area contributed by atoms with Crippen molar-refractivity contribution in [3.63, 3.8) is 0 Å². The smallest absolute Gasteiger partial charge is 0.0516 e. The molecule has 0 amide bonds. The van der Waals surface area contributed by atoms with Crippen LogP contribution in [0.1, 0.15) is 68.4 Å². The van der Waals surface area contributed by atoms with Crippen LogP contribution in [0.25, 0.3) is 42.1 Å². The quantitative estimate of drug-likeness (QED) is 0.161. The van der Waals surface area contributed by atoms with Gasteiger partial charge in [0.1, 0.15) is 0 Å². The third kappa shape index (κ3) is 6.86. The maximum Gasteiger partial charge on any atom is 0.0516 e. The average Bonchev–Trinajstić information content (AvgIpc) is 3.53. The number of nitrogens with zero attached hydrogens (tertiary/aromatic N) is 1. The molecule has 1 heterocycles. The zero-order valence-electron chi connectivity index (χ0n) is 30.8. The summed E-state index contributed by atoms with van der Waals surface area (Å²) in [6.45, 7) is 17.7. The molecule has 2 aliphatic rings. The van der Waals surface area contributed by atoms with Gasteiger partial charge in [-0.15, -0.1) is 11.3 Å². The van der Waals surface area contributed by atoms with Gasteiger partial charge in [0.25, 0.3) is 0 Å². The minimum Gasteiger partial charge on any atom is -0.257 e. The van der Waals surface area contributed by atoms with Crippen LogP contribution < -0.4 is 0 Å². The van der Waals surface area contributed by atoms with Gasteiger partial charge in [0, 0.05) is 42.8 Å². The Hall–Kier alpha value is -5.05. The molecule has 0 aliphatic heterocycles. The largest absolute Gasteiger partial charge is 0.257 e. The number of hydrogen-bond donors (Lipinski definition) is 0. The summed E-state index contributed by atoms with van der Waals surface area (Å²) in [7, 11) is 0. The molecule has 2 heteroatoms. The van der Waals surface area contributed by atoms with Gasteiger partial charge in [-0.05, 0) is 96.9 Å². The topological polar surface area (TPSA) is 12.4 Å². The molecule has 0 saturated heterocycles. The highest BCUT2D eigenvalue weighted by atomic mass is 32.1. The molecule has 2 atom stereocenters. The third-order valence-corrected chi connectivity index (χ3v) is 11.8. The molecule has 0 radical (unpaired) electrons. The van der Waals surface area contributed by atoms with Crippen LogP contribution in [-0.2, 0) is 0 Å². The van der Waals surface area contributed by atoms with Crippen LogP contribution in [0.4, 0.5) is 0 Å². The molecule has 1 aromatic heterocycles. The molecule has 254 valence electrons. The van der Waals surface area contributed by atoms with Crippen molar-refractivity contribution < 1.29 is 0 Å². The minimum absolute atomic E-state index is 0.390. The van der Waals surface area contributed by atoms with E-state index in [9.17, 15) is 0 Å². The number of hydrogen-bond acceptors (Lipinski definition) is 2. The lowest BCUT2D eigenvalue weighted by molar-refractivity contribution is 0.673. The highest BCUT2D eigenvalue weighted by Crippen LogP contribution is 2.43. The number of aliphatic imine (C=N–C) groups is 1. The number of thiophene rings is 1. The van der Waals surface area contributed by atoms with Crippen LogP contribution in [0.2, 0.25) is 0 Å². The van der Waals surface area contributed by atoms with E-state index in [0.29, 0.717) is 11.8 Å². The van der Waals surface area contributed by atoms with Crippen molar-refractivity contribution in [2.45, 2.75) is 54.4 Å². The first-order valence-electron chi connectivity index (χ1n) is 18.2. The molecular formula is C49H47NS. The summed E-state index contributed by atoms with van der Waals surface area (Å²) in [5.74, 6) is 0.971. The second kappa shape index (κ2) is 14.7. The molecule has 2 unspecified atom stereocenters. The molecule has 51 heavy (non-hydrogen) atoms.